The molecule has 0 spiro atoms. The minimum absolute atomic E-state index is 0.353. The monoisotopic (exact) mass is 328 g/mol. The van der Waals surface area contributed by atoms with Gasteiger partial charge >= 0.3 is 0 Å². The van der Waals surface area contributed by atoms with E-state index in [1.54, 1.807) is 18.3 Å². The van der Waals surface area contributed by atoms with Gasteiger partial charge in [-0.1, -0.05) is 29.8 Å². The molecule has 0 atom stereocenters. The summed E-state index contributed by atoms with van der Waals surface area (Å²) in [5.41, 5.74) is 4.86. The van der Waals surface area contributed by atoms with Crippen molar-refractivity contribution in [1.29, 1.82) is 0 Å². The molecule has 0 fully saturated rings. The second kappa shape index (κ2) is 8.01. The molecule has 0 aliphatic heterocycles. The van der Waals surface area contributed by atoms with Gasteiger partial charge in [0.25, 0.3) is 5.91 Å². The Balaban J connectivity index is 2.17. The minimum atomic E-state index is -0.377. The van der Waals surface area contributed by atoms with Crippen LogP contribution in [0.5, 0.6) is 17.2 Å². The number of methoxy groups -OCH3 is 3. The van der Waals surface area contributed by atoms with Gasteiger partial charge in [-0.15, -0.1) is 0 Å². The van der Waals surface area contributed by atoms with Crippen LogP contribution in [-0.4, -0.2) is 33.5 Å². The van der Waals surface area contributed by atoms with Gasteiger partial charge in [0.1, 0.15) is 0 Å². The summed E-state index contributed by atoms with van der Waals surface area (Å²) in [7, 11) is 4.50. The van der Waals surface area contributed by atoms with E-state index >= 15 is 0 Å². The van der Waals surface area contributed by atoms with Crippen LogP contribution >= 0.6 is 0 Å². The first-order chi connectivity index (χ1) is 11.6. The van der Waals surface area contributed by atoms with Crippen molar-refractivity contribution in [3.8, 4) is 17.2 Å². The van der Waals surface area contributed by atoms with Gasteiger partial charge < -0.3 is 14.2 Å². The molecule has 2 aromatic rings. The lowest BCUT2D eigenvalue weighted by atomic mass is 10.1. The fourth-order valence-corrected chi connectivity index (χ4v) is 2.19. The van der Waals surface area contributed by atoms with Gasteiger partial charge in [-0.05, 0) is 24.6 Å². The number of aryl methyl sites for hydroxylation is 1. The van der Waals surface area contributed by atoms with Crippen LogP contribution in [0.4, 0.5) is 0 Å². The van der Waals surface area contributed by atoms with Crippen molar-refractivity contribution in [3.63, 3.8) is 0 Å². The highest BCUT2D eigenvalue weighted by Gasteiger charge is 2.16. The Morgan fingerprint density at radius 2 is 1.71 bits per heavy atom. The van der Waals surface area contributed by atoms with Gasteiger partial charge in [0.05, 0.1) is 27.5 Å². The topological polar surface area (TPSA) is 69.2 Å². The summed E-state index contributed by atoms with van der Waals surface area (Å²) in [5.74, 6) is 0.868. The molecule has 24 heavy (non-hydrogen) atoms. The van der Waals surface area contributed by atoms with Crippen LogP contribution in [0.1, 0.15) is 21.5 Å². The lowest BCUT2D eigenvalue weighted by Gasteiger charge is -2.13. The van der Waals surface area contributed by atoms with Crippen molar-refractivity contribution >= 4 is 12.1 Å². The highest BCUT2D eigenvalue weighted by atomic mass is 16.5. The van der Waals surface area contributed by atoms with Crippen molar-refractivity contribution in [2.75, 3.05) is 21.3 Å². The maximum absolute atomic E-state index is 12.3. The molecule has 0 unspecified atom stereocenters. The first-order valence-corrected chi connectivity index (χ1v) is 7.29. The van der Waals surface area contributed by atoms with Gasteiger partial charge in [-0.25, -0.2) is 5.43 Å². The third-order valence-electron chi connectivity index (χ3n) is 3.35. The summed E-state index contributed by atoms with van der Waals surface area (Å²) >= 11 is 0. The number of carbonyl (C=O) groups excluding carboxylic acids is 1. The minimum Gasteiger partial charge on any atom is -0.493 e. The number of hydrazone groups is 1. The normalized spacial score (nSPS) is 10.5. The molecule has 1 N–H and O–H groups in total. The third-order valence-corrected chi connectivity index (χ3v) is 3.35. The Kier molecular flexibility index (Phi) is 5.78. The van der Waals surface area contributed by atoms with Crippen LogP contribution in [0.3, 0.4) is 0 Å². The molecule has 0 saturated heterocycles. The summed E-state index contributed by atoms with van der Waals surface area (Å²) in [4.78, 5) is 12.3. The van der Waals surface area contributed by atoms with Crippen molar-refractivity contribution in [2.24, 2.45) is 5.10 Å². The molecule has 0 heterocycles. The van der Waals surface area contributed by atoms with Gasteiger partial charge in [-0.2, -0.15) is 5.10 Å². The number of ether oxygens (including phenoxy) is 3. The van der Waals surface area contributed by atoms with E-state index in [1.165, 1.54) is 21.3 Å². The van der Waals surface area contributed by atoms with Crippen molar-refractivity contribution < 1.29 is 19.0 Å². The van der Waals surface area contributed by atoms with Crippen molar-refractivity contribution in [1.82, 2.24) is 5.43 Å². The van der Waals surface area contributed by atoms with Crippen LogP contribution < -0.4 is 19.6 Å². The van der Waals surface area contributed by atoms with Crippen LogP contribution in [-0.2, 0) is 0 Å². The molecular formula is C18H20N2O4. The van der Waals surface area contributed by atoms with E-state index in [-0.39, 0.29) is 5.91 Å². The van der Waals surface area contributed by atoms with Crippen LogP contribution in [0, 0.1) is 6.92 Å². The Bertz CT molecular complexity index is 731. The quantitative estimate of drug-likeness (QED) is 0.654. The van der Waals surface area contributed by atoms with E-state index in [9.17, 15) is 4.79 Å². The number of benzene rings is 2. The average molecular weight is 328 g/mol. The zero-order valence-corrected chi connectivity index (χ0v) is 14.1. The first kappa shape index (κ1) is 17.3. The second-order valence-electron chi connectivity index (χ2n) is 5.03. The molecule has 6 nitrogen and oxygen atoms in total. The summed E-state index contributed by atoms with van der Waals surface area (Å²) in [6.45, 7) is 1.99. The molecule has 2 aromatic carbocycles. The average Bonchev–Trinajstić information content (AvgIpc) is 2.60. The molecule has 6 heteroatoms. The number of hydrogen-bond donors (Lipinski definition) is 1. The molecule has 0 aromatic heterocycles. The SMILES string of the molecule is COc1cc(C(=O)N/N=C\c2cccc(C)c2)cc(OC)c1OC. The molecule has 0 aliphatic carbocycles. The van der Waals surface area contributed by atoms with Crippen molar-refractivity contribution in [2.45, 2.75) is 6.92 Å². The van der Waals surface area contributed by atoms with Gasteiger partial charge in [0.2, 0.25) is 5.75 Å². The summed E-state index contributed by atoms with van der Waals surface area (Å²) in [6.07, 6.45) is 1.59. The Morgan fingerprint density at radius 3 is 2.25 bits per heavy atom. The van der Waals surface area contributed by atoms with Crippen LogP contribution in [0.2, 0.25) is 0 Å². The zero-order chi connectivity index (χ0) is 17.5. The van der Waals surface area contributed by atoms with Crippen LogP contribution in [0.15, 0.2) is 41.5 Å². The van der Waals surface area contributed by atoms with Gasteiger partial charge in [0, 0.05) is 5.56 Å². The molecule has 1 amide bonds. The van der Waals surface area contributed by atoms with E-state index in [0.29, 0.717) is 22.8 Å². The fraction of sp³-hybridized carbons (Fsp3) is 0.222. The van der Waals surface area contributed by atoms with Gasteiger partial charge in [0.15, 0.2) is 11.5 Å². The Labute approximate surface area is 141 Å². The summed E-state index contributed by atoms with van der Waals surface area (Å²) in [6, 6.07) is 10.9. The number of nitrogens with zero attached hydrogens (tertiary/aromatic N) is 1. The lowest BCUT2D eigenvalue weighted by Crippen LogP contribution is -2.18. The Morgan fingerprint density at radius 1 is 1.04 bits per heavy atom. The maximum Gasteiger partial charge on any atom is 0.271 e. The van der Waals surface area contributed by atoms with Crippen molar-refractivity contribution in [3.05, 3.63) is 53.1 Å². The molecule has 0 saturated carbocycles. The Hall–Kier alpha value is -3.02. The summed E-state index contributed by atoms with van der Waals surface area (Å²) < 4.78 is 15.7. The number of nitrogens with one attached hydrogen (secondary N) is 1. The van der Waals surface area contributed by atoms with E-state index in [2.05, 4.69) is 10.5 Å². The molecular weight excluding hydrogens is 308 g/mol. The first-order valence-electron chi connectivity index (χ1n) is 7.29. The lowest BCUT2D eigenvalue weighted by molar-refractivity contribution is 0.0954. The number of carbonyl (C=O) groups is 1. The van der Waals surface area contributed by atoms with E-state index in [0.717, 1.165) is 11.1 Å². The second-order valence-corrected chi connectivity index (χ2v) is 5.03. The molecule has 126 valence electrons. The third kappa shape index (κ3) is 4.04. The molecule has 0 bridgehead atoms. The fourth-order valence-electron chi connectivity index (χ4n) is 2.19. The largest absolute Gasteiger partial charge is 0.493 e. The standard InChI is InChI=1S/C18H20N2O4/c1-12-6-5-7-13(8-12)11-19-20-18(21)14-9-15(22-2)17(24-4)16(10-14)23-3/h5-11H,1-4H3,(H,20,21)/b19-11-. The highest BCUT2D eigenvalue weighted by Crippen LogP contribution is 2.38. The molecule has 2 rings (SSSR count). The van der Waals surface area contributed by atoms with E-state index in [4.69, 9.17) is 14.2 Å². The smallest absolute Gasteiger partial charge is 0.271 e. The summed E-state index contributed by atoms with van der Waals surface area (Å²) in [5, 5.41) is 3.98. The highest BCUT2D eigenvalue weighted by molar-refractivity contribution is 5.96. The van der Waals surface area contributed by atoms with Crippen LogP contribution in [0.25, 0.3) is 0 Å². The maximum atomic E-state index is 12.3. The predicted molar refractivity (Wildman–Crippen MR) is 92.3 cm³/mol. The zero-order valence-electron chi connectivity index (χ0n) is 14.1. The van der Waals surface area contributed by atoms with E-state index in [1.807, 2.05) is 31.2 Å². The number of amides is 1. The van der Waals surface area contributed by atoms with Gasteiger partial charge in [-0.3, -0.25) is 4.79 Å². The molecule has 0 radical (unpaired) electrons. The predicted octanol–water partition coefficient (Wildman–Crippen LogP) is 2.78. The molecule has 0 aliphatic rings. The van der Waals surface area contributed by atoms with E-state index < -0.39 is 0 Å². The number of hydrogen-bond acceptors (Lipinski definition) is 5. The number of rotatable bonds is 6.